The number of hydrogen-bond donors (Lipinski definition) is 0. The van der Waals surface area contributed by atoms with Gasteiger partial charge in [0.15, 0.2) is 6.29 Å². The van der Waals surface area contributed by atoms with Crippen LogP contribution in [-0.2, 0) is 14.2 Å². The van der Waals surface area contributed by atoms with Crippen molar-refractivity contribution < 1.29 is 14.2 Å². The second kappa shape index (κ2) is 4.81. The fraction of sp³-hybridized carbons (Fsp3) is 1.00. The van der Waals surface area contributed by atoms with Crippen LogP contribution in [0.2, 0.25) is 0 Å². The van der Waals surface area contributed by atoms with E-state index in [1.807, 2.05) is 0 Å². The van der Waals surface area contributed by atoms with E-state index in [-0.39, 0.29) is 18.5 Å². The molecule has 3 nitrogen and oxygen atoms in total. The van der Waals surface area contributed by atoms with Gasteiger partial charge in [0.2, 0.25) is 0 Å². The Balaban J connectivity index is 1.98. The Labute approximate surface area is 92.1 Å². The molecule has 2 saturated heterocycles. The Hall–Kier alpha value is -0.120. The zero-order valence-corrected chi connectivity index (χ0v) is 9.94. The van der Waals surface area contributed by atoms with Crippen molar-refractivity contribution in [2.24, 2.45) is 11.8 Å². The zero-order valence-electron chi connectivity index (χ0n) is 9.94. The van der Waals surface area contributed by atoms with Crippen LogP contribution < -0.4 is 0 Å². The van der Waals surface area contributed by atoms with E-state index in [1.165, 1.54) is 12.8 Å². The van der Waals surface area contributed by atoms with Gasteiger partial charge in [-0.15, -0.1) is 0 Å². The first-order valence-corrected chi connectivity index (χ1v) is 6.07. The van der Waals surface area contributed by atoms with Crippen molar-refractivity contribution in [3.63, 3.8) is 0 Å². The summed E-state index contributed by atoms with van der Waals surface area (Å²) in [4.78, 5) is 0. The average Bonchev–Trinajstić information content (AvgIpc) is 2.77. The van der Waals surface area contributed by atoms with Gasteiger partial charge in [-0.05, 0) is 12.3 Å². The summed E-state index contributed by atoms with van der Waals surface area (Å²) in [5.41, 5.74) is 0. The number of rotatable bonds is 4. The van der Waals surface area contributed by atoms with Crippen LogP contribution >= 0.6 is 0 Å². The molecule has 0 unspecified atom stereocenters. The maximum atomic E-state index is 5.90. The number of ether oxygens (including phenoxy) is 3. The monoisotopic (exact) mass is 214 g/mol. The van der Waals surface area contributed by atoms with Gasteiger partial charge in [0.05, 0.1) is 18.8 Å². The van der Waals surface area contributed by atoms with E-state index in [4.69, 9.17) is 14.2 Å². The molecule has 0 radical (unpaired) electrons. The lowest BCUT2D eigenvalue weighted by atomic mass is 9.90. The van der Waals surface area contributed by atoms with Gasteiger partial charge in [0, 0.05) is 13.0 Å². The summed E-state index contributed by atoms with van der Waals surface area (Å²) in [5.74, 6) is 1.00. The molecule has 0 aromatic carbocycles. The molecule has 2 fully saturated rings. The van der Waals surface area contributed by atoms with Gasteiger partial charge in [-0.25, -0.2) is 0 Å². The highest BCUT2D eigenvalue weighted by atomic mass is 16.7. The van der Waals surface area contributed by atoms with Crippen LogP contribution in [0.25, 0.3) is 0 Å². The number of fused-ring (bicyclic) bond motifs is 1. The minimum atomic E-state index is -0.0469. The van der Waals surface area contributed by atoms with Crippen molar-refractivity contribution in [3.05, 3.63) is 0 Å². The van der Waals surface area contributed by atoms with Crippen LogP contribution in [0.3, 0.4) is 0 Å². The molecule has 0 amide bonds. The van der Waals surface area contributed by atoms with Crippen molar-refractivity contribution >= 4 is 0 Å². The predicted molar refractivity (Wildman–Crippen MR) is 57.6 cm³/mol. The van der Waals surface area contributed by atoms with E-state index in [2.05, 4.69) is 13.8 Å². The minimum Gasteiger partial charge on any atom is -0.375 e. The quantitative estimate of drug-likeness (QED) is 0.718. The molecule has 15 heavy (non-hydrogen) atoms. The molecule has 0 aromatic rings. The maximum absolute atomic E-state index is 5.90. The highest BCUT2D eigenvalue weighted by Gasteiger charge is 2.51. The molecule has 3 heteroatoms. The van der Waals surface area contributed by atoms with Gasteiger partial charge in [-0.2, -0.15) is 0 Å². The van der Waals surface area contributed by atoms with Gasteiger partial charge in [-0.3, -0.25) is 0 Å². The van der Waals surface area contributed by atoms with Crippen molar-refractivity contribution in [1.82, 2.24) is 0 Å². The topological polar surface area (TPSA) is 27.7 Å². The van der Waals surface area contributed by atoms with E-state index in [1.54, 1.807) is 7.11 Å². The number of methoxy groups -OCH3 is 1. The van der Waals surface area contributed by atoms with Crippen molar-refractivity contribution in [1.29, 1.82) is 0 Å². The normalized spacial score (nSPS) is 44.6. The molecule has 88 valence electrons. The largest absolute Gasteiger partial charge is 0.375 e. The summed E-state index contributed by atoms with van der Waals surface area (Å²) in [6.07, 6.45) is 4.01. The summed E-state index contributed by atoms with van der Waals surface area (Å²) in [5, 5.41) is 0. The number of hydrogen-bond acceptors (Lipinski definition) is 3. The summed E-state index contributed by atoms with van der Waals surface area (Å²) in [6, 6.07) is 0. The third-order valence-electron chi connectivity index (χ3n) is 3.65. The summed E-state index contributed by atoms with van der Waals surface area (Å²) in [6.45, 7) is 5.29. The molecule has 2 rings (SSSR count). The highest BCUT2D eigenvalue weighted by molar-refractivity contribution is 4.94. The summed E-state index contributed by atoms with van der Waals surface area (Å²) >= 11 is 0. The Kier molecular flexibility index (Phi) is 3.65. The van der Waals surface area contributed by atoms with Crippen LogP contribution in [0.1, 0.15) is 33.1 Å². The summed E-state index contributed by atoms with van der Waals surface area (Å²) < 4.78 is 17.1. The Bertz CT molecular complexity index is 207. The van der Waals surface area contributed by atoms with E-state index < -0.39 is 0 Å². The smallest absolute Gasteiger partial charge is 0.163 e. The van der Waals surface area contributed by atoms with Gasteiger partial charge >= 0.3 is 0 Å². The van der Waals surface area contributed by atoms with Gasteiger partial charge < -0.3 is 14.2 Å². The van der Waals surface area contributed by atoms with E-state index in [9.17, 15) is 0 Å². The van der Waals surface area contributed by atoms with Crippen LogP contribution in [0, 0.1) is 11.8 Å². The summed E-state index contributed by atoms with van der Waals surface area (Å²) in [7, 11) is 1.73. The van der Waals surface area contributed by atoms with Crippen LogP contribution in [0.15, 0.2) is 0 Å². The Morgan fingerprint density at radius 3 is 2.87 bits per heavy atom. The maximum Gasteiger partial charge on any atom is 0.163 e. The van der Waals surface area contributed by atoms with Gasteiger partial charge in [-0.1, -0.05) is 26.7 Å². The van der Waals surface area contributed by atoms with E-state index in [0.717, 1.165) is 13.0 Å². The van der Waals surface area contributed by atoms with Crippen LogP contribution in [0.4, 0.5) is 0 Å². The fourth-order valence-electron chi connectivity index (χ4n) is 2.78. The van der Waals surface area contributed by atoms with Crippen LogP contribution in [-0.4, -0.2) is 32.2 Å². The SMILES string of the molecule is CCCC[C@H]1O[C@@H](OC)[C@@H]2[C@H]1OC[C@H]2C. The van der Waals surface area contributed by atoms with Gasteiger partial charge in [0.25, 0.3) is 0 Å². The fourth-order valence-corrected chi connectivity index (χ4v) is 2.78. The second-order valence-corrected chi connectivity index (χ2v) is 4.77. The molecular weight excluding hydrogens is 192 g/mol. The lowest BCUT2D eigenvalue weighted by Gasteiger charge is -2.17. The average molecular weight is 214 g/mol. The predicted octanol–water partition coefficient (Wildman–Crippen LogP) is 2.20. The first-order chi connectivity index (χ1) is 7.27. The lowest BCUT2D eigenvalue weighted by Crippen LogP contribution is -2.27. The Morgan fingerprint density at radius 2 is 2.20 bits per heavy atom. The number of unbranched alkanes of at least 4 members (excludes halogenated alkanes) is 1. The first-order valence-electron chi connectivity index (χ1n) is 6.07. The molecule has 2 aliphatic heterocycles. The van der Waals surface area contributed by atoms with Gasteiger partial charge in [0.1, 0.15) is 0 Å². The van der Waals surface area contributed by atoms with Crippen LogP contribution in [0.5, 0.6) is 0 Å². The molecule has 0 saturated carbocycles. The molecular formula is C12H22O3. The third kappa shape index (κ3) is 2.05. The molecule has 0 bridgehead atoms. The Morgan fingerprint density at radius 1 is 1.40 bits per heavy atom. The van der Waals surface area contributed by atoms with Crippen molar-refractivity contribution in [3.8, 4) is 0 Å². The van der Waals surface area contributed by atoms with Crippen molar-refractivity contribution in [2.45, 2.75) is 51.6 Å². The lowest BCUT2D eigenvalue weighted by molar-refractivity contribution is -0.144. The molecule has 0 N–H and O–H groups in total. The first kappa shape index (κ1) is 11.4. The van der Waals surface area contributed by atoms with Crippen molar-refractivity contribution in [2.75, 3.05) is 13.7 Å². The molecule has 0 aliphatic carbocycles. The third-order valence-corrected chi connectivity index (χ3v) is 3.65. The second-order valence-electron chi connectivity index (χ2n) is 4.77. The van der Waals surface area contributed by atoms with E-state index >= 15 is 0 Å². The molecule has 0 spiro atoms. The van der Waals surface area contributed by atoms with E-state index in [0.29, 0.717) is 11.8 Å². The molecule has 2 aliphatic rings. The highest BCUT2D eigenvalue weighted by Crippen LogP contribution is 2.41. The minimum absolute atomic E-state index is 0.0469. The zero-order chi connectivity index (χ0) is 10.8. The molecule has 5 atom stereocenters. The standard InChI is InChI=1S/C12H22O3/c1-4-5-6-9-11-10(8(2)7-14-11)12(13-3)15-9/h8-12H,4-7H2,1-3H3/t8-,9-,10+,11+,12-/m1/s1. The molecule has 0 aromatic heterocycles. The molecule has 2 heterocycles.